The molecule has 0 saturated heterocycles. The Bertz CT molecular complexity index is 496. The van der Waals surface area contributed by atoms with E-state index in [-0.39, 0.29) is 0 Å². The fourth-order valence-electron chi connectivity index (χ4n) is 2.13. The van der Waals surface area contributed by atoms with Crippen molar-refractivity contribution >= 4 is 0 Å². The van der Waals surface area contributed by atoms with Crippen LogP contribution < -0.4 is 0 Å². The summed E-state index contributed by atoms with van der Waals surface area (Å²) in [5, 5.41) is 0. The first-order chi connectivity index (χ1) is 9.78. The van der Waals surface area contributed by atoms with E-state index in [9.17, 15) is 0 Å². The van der Waals surface area contributed by atoms with E-state index in [1.54, 1.807) is 7.11 Å². The van der Waals surface area contributed by atoms with Gasteiger partial charge in [0.25, 0.3) is 0 Å². The molecule has 0 radical (unpaired) electrons. The van der Waals surface area contributed by atoms with Gasteiger partial charge in [-0.15, -0.1) is 0 Å². The van der Waals surface area contributed by atoms with Gasteiger partial charge >= 0.3 is 0 Å². The largest absolute Gasteiger partial charge is 0.383 e. The highest BCUT2D eigenvalue weighted by Gasteiger charge is 2.07. The Morgan fingerprint density at radius 3 is 2.15 bits per heavy atom. The van der Waals surface area contributed by atoms with Crippen LogP contribution in [0.5, 0.6) is 0 Å². The fraction of sp³-hybridized carbons (Fsp3) is 0.353. The number of hydrogen-bond donors (Lipinski definition) is 0. The molecule has 3 nitrogen and oxygen atoms in total. The minimum Gasteiger partial charge on any atom is -0.383 e. The van der Waals surface area contributed by atoms with Gasteiger partial charge in [-0.1, -0.05) is 29.8 Å². The third-order valence-electron chi connectivity index (χ3n) is 3.29. The Morgan fingerprint density at radius 1 is 0.950 bits per heavy atom. The molecule has 1 aromatic carbocycles. The van der Waals surface area contributed by atoms with Crippen molar-refractivity contribution in [3.63, 3.8) is 0 Å². The Morgan fingerprint density at radius 2 is 1.55 bits per heavy atom. The molecule has 0 unspecified atom stereocenters. The van der Waals surface area contributed by atoms with Crippen LogP contribution in [-0.4, -0.2) is 30.1 Å². The maximum atomic E-state index is 5.21. The zero-order valence-corrected chi connectivity index (χ0v) is 12.2. The number of methoxy groups -OCH3 is 1. The maximum absolute atomic E-state index is 5.21. The van der Waals surface area contributed by atoms with Crippen molar-refractivity contribution in [2.45, 2.75) is 20.0 Å². The van der Waals surface area contributed by atoms with Gasteiger partial charge in [-0.25, -0.2) is 0 Å². The van der Waals surface area contributed by atoms with Crippen molar-refractivity contribution in [2.24, 2.45) is 0 Å². The maximum Gasteiger partial charge on any atom is 0.0589 e. The summed E-state index contributed by atoms with van der Waals surface area (Å²) in [7, 11) is 1.75. The summed E-state index contributed by atoms with van der Waals surface area (Å²) < 4.78 is 5.21. The number of aryl methyl sites for hydroxylation is 1. The third kappa shape index (κ3) is 4.76. The van der Waals surface area contributed by atoms with Crippen LogP contribution in [-0.2, 0) is 17.8 Å². The smallest absolute Gasteiger partial charge is 0.0589 e. The molecular formula is C17H22N2O. The summed E-state index contributed by atoms with van der Waals surface area (Å²) in [6, 6.07) is 12.8. The molecule has 0 amide bonds. The van der Waals surface area contributed by atoms with Crippen LogP contribution in [0.4, 0.5) is 0 Å². The van der Waals surface area contributed by atoms with E-state index in [0.717, 1.165) is 26.2 Å². The number of pyridine rings is 1. The fourth-order valence-corrected chi connectivity index (χ4v) is 2.13. The number of aromatic nitrogens is 1. The third-order valence-corrected chi connectivity index (χ3v) is 3.29. The molecule has 0 N–H and O–H groups in total. The summed E-state index contributed by atoms with van der Waals surface area (Å²) in [6.45, 7) is 5.64. The molecule has 0 aliphatic rings. The van der Waals surface area contributed by atoms with E-state index < -0.39 is 0 Å². The quantitative estimate of drug-likeness (QED) is 0.773. The van der Waals surface area contributed by atoms with Crippen molar-refractivity contribution in [2.75, 3.05) is 20.3 Å². The molecule has 3 heteroatoms. The molecule has 1 heterocycles. The van der Waals surface area contributed by atoms with E-state index in [4.69, 9.17) is 4.74 Å². The first-order valence-electron chi connectivity index (χ1n) is 6.93. The highest BCUT2D eigenvalue weighted by molar-refractivity contribution is 5.21. The summed E-state index contributed by atoms with van der Waals surface area (Å²) >= 11 is 0. The second kappa shape index (κ2) is 7.78. The predicted octanol–water partition coefficient (Wildman–Crippen LogP) is 3.04. The zero-order chi connectivity index (χ0) is 14.2. The molecule has 0 aliphatic carbocycles. The van der Waals surface area contributed by atoms with Crippen molar-refractivity contribution < 1.29 is 4.74 Å². The van der Waals surface area contributed by atoms with Crippen LogP contribution in [0.25, 0.3) is 0 Å². The Balaban J connectivity index is 2.01. The first kappa shape index (κ1) is 14.7. The second-order valence-corrected chi connectivity index (χ2v) is 5.04. The molecule has 106 valence electrons. The van der Waals surface area contributed by atoms with Gasteiger partial charge in [0.15, 0.2) is 0 Å². The molecule has 2 rings (SSSR count). The number of nitrogens with zero attached hydrogens (tertiary/aromatic N) is 2. The van der Waals surface area contributed by atoms with Crippen molar-refractivity contribution in [1.29, 1.82) is 0 Å². The lowest BCUT2D eigenvalue weighted by atomic mass is 10.1. The predicted molar refractivity (Wildman–Crippen MR) is 81.4 cm³/mol. The second-order valence-electron chi connectivity index (χ2n) is 5.04. The van der Waals surface area contributed by atoms with Gasteiger partial charge in [0.05, 0.1) is 6.61 Å². The summed E-state index contributed by atoms with van der Waals surface area (Å²) in [5.41, 5.74) is 3.91. The van der Waals surface area contributed by atoms with Crippen molar-refractivity contribution in [1.82, 2.24) is 9.88 Å². The molecule has 0 atom stereocenters. The highest BCUT2D eigenvalue weighted by Crippen LogP contribution is 2.10. The minimum atomic E-state index is 0.747. The van der Waals surface area contributed by atoms with Gasteiger partial charge in [0.1, 0.15) is 0 Å². The van der Waals surface area contributed by atoms with Crippen LogP contribution in [0, 0.1) is 6.92 Å². The summed E-state index contributed by atoms with van der Waals surface area (Å²) in [4.78, 5) is 6.46. The van der Waals surface area contributed by atoms with Gasteiger partial charge in [-0.3, -0.25) is 9.88 Å². The zero-order valence-electron chi connectivity index (χ0n) is 12.2. The lowest BCUT2D eigenvalue weighted by molar-refractivity contribution is 0.140. The molecule has 20 heavy (non-hydrogen) atoms. The van der Waals surface area contributed by atoms with Crippen LogP contribution in [0.15, 0.2) is 48.8 Å². The molecule has 0 fully saturated rings. The first-order valence-corrected chi connectivity index (χ1v) is 6.93. The van der Waals surface area contributed by atoms with Crippen LogP contribution in [0.1, 0.15) is 16.7 Å². The molecule has 0 saturated carbocycles. The van der Waals surface area contributed by atoms with E-state index in [2.05, 4.69) is 53.2 Å². The Kier molecular flexibility index (Phi) is 5.71. The lowest BCUT2D eigenvalue weighted by Gasteiger charge is -2.22. The standard InChI is InChI=1S/C17H22N2O/c1-15-3-5-16(6-4-15)13-19(11-12-20-2)14-17-7-9-18-10-8-17/h3-10H,11-14H2,1-2H3. The molecule has 0 aliphatic heterocycles. The van der Waals surface area contributed by atoms with Gasteiger partial charge in [0.2, 0.25) is 0 Å². The van der Waals surface area contributed by atoms with Gasteiger partial charge in [-0.2, -0.15) is 0 Å². The number of rotatable bonds is 7. The van der Waals surface area contributed by atoms with Gasteiger partial charge in [0, 0.05) is 39.1 Å². The number of benzene rings is 1. The van der Waals surface area contributed by atoms with Crippen molar-refractivity contribution in [3.8, 4) is 0 Å². The summed E-state index contributed by atoms with van der Waals surface area (Å²) in [5.74, 6) is 0. The number of ether oxygens (including phenoxy) is 1. The molecule has 1 aromatic heterocycles. The average Bonchev–Trinajstić information content (AvgIpc) is 2.48. The van der Waals surface area contributed by atoms with Crippen LogP contribution in [0.2, 0.25) is 0 Å². The monoisotopic (exact) mass is 270 g/mol. The van der Waals surface area contributed by atoms with E-state index in [0.29, 0.717) is 0 Å². The molecule has 0 spiro atoms. The van der Waals surface area contributed by atoms with E-state index >= 15 is 0 Å². The minimum absolute atomic E-state index is 0.747. The van der Waals surface area contributed by atoms with Gasteiger partial charge in [-0.05, 0) is 30.2 Å². The SMILES string of the molecule is COCCN(Cc1ccncc1)Cc1ccc(C)cc1. The molecule has 2 aromatic rings. The Hall–Kier alpha value is -1.71. The van der Waals surface area contributed by atoms with E-state index in [1.807, 2.05) is 12.4 Å². The molecule has 0 bridgehead atoms. The van der Waals surface area contributed by atoms with Crippen molar-refractivity contribution in [3.05, 3.63) is 65.5 Å². The Labute approximate surface area is 121 Å². The highest BCUT2D eigenvalue weighted by atomic mass is 16.5. The average molecular weight is 270 g/mol. The number of hydrogen-bond acceptors (Lipinski definition) is 3. The van der Waals surface area contributed by atoms with E-state index in [1.165, 1.54) is 16.7 Å². The topological polar surface area (TPSA) is 25.4 Å². The van der Waals surface area contributed by atoms with Crippen LogP contribution >= 0.6 is 0 Å². The van der Waals surface area contributed by atoms with Gasteiger partial charge < -0.3 is 4.74 Å². The molecular weight excluding hydrogens is 248 g/mol. The lowest BCUT2D eigenvalue weighted by Crippen LogP contribution is -2.26. The summed E-state index contributed by atoms with van der Waals surface area (Å²) in [6.07, 6.45) is 3.69. The van der Waals surface area contributed by atoms with Crippen LogP contribution in [0.3, 0.4) is 0 Å². The normalized spacial score (nSPS) is 10.9.